The molecule has 4 heterocycles. The molecular formula is C31H33ClN4O6. The molecule has 0 unspecified atom stereocenters. The standard InChI is InChI=1S/C31H33ClN4O6/c1-31(26-8-7-21(32)17-33-26)41-24-6-4-5-22(29(24)42-31)19-9-11-36(12-10-19)18-27-34-23-15-20(30(37)38)16-25(28(23)35(27)2)40-14-13-39-3/h4-8,15-17,19H,9-14,18H2,1-3H3,(H,37,38)/t31-/m0/s1. The minimum Gasteiger partial charge on any atom is -0.489 e. The second-order valence-electron chi connectivity index (χ2n) is 10.8. The fraction of sp³-hybridized carbons (Fsp3) is 0.387. The van der Waals surface area contributed by atoms with E-state index in [1.165, 1.54) is 0 Å². The predicted molar refractivity (Wildman–Crippen MR) is 157 cm³/mol. The van der Waals surface area contributed by atoms with Crippen LogP contribution in [0.25, 0.3) is 11.0 Å². The van der Waals surface area contributed by atoms with Gasteiger partial charge in [-0.05, 0) is 62.2 Å². The Morgan fingerprint density at radius 1 is 1.17 bits per heavy atom. The zero-order valence-electron chi connectivity index (χ0n) is 23.8. The van der Waals surface area contributed by atoms with Crippen LogP contribution in [0.2, 0.25) is 5.02 Å². The molecule has 1 N–H and O–H groups in total. The van der Waals surface area contributed by atoms with Gasteiger partial charge in [0.2, 0.25) is 0 Å². The number of likely N-dealkylation sites (tertiary alicyclic amines) is 1. The molecule has 6 rings (SSSR count). The molecule has 1 fully saturated rings. The Bertz CT molecular complexity index is 1620. The topological polar surface area (TPSA) is 108 Å². The number of hydrogen-bond donors (Lipinski definition) is 1. The van der Waals surface area contributed by atoms with Crippen molar-refractivity contribution in [1.82, 2.24) is 19.4 Å². The van der Waals surface area contributed by atoms with Gasteiger partial charge in [-0.15, -0.1) is 0 Å². The van der Waals surface area contributed by atoms with E-state index >= 15 is 0 Å². The molecule has 0 aliphatic carbocycles. The normalized spacial score (nSPS) is 19.0. The summed E-state index contributed by atoms with van der Waals surface area (Å²) in [5, 5.41) is 10.2. The van der Waals surface area contributed by atoms with E-state index in [2.05, 4.69) is 16.0 Å². The summed E-state index contributed by atoms with van der Waals surface area (Å²) in [5.74, 6) is 1.12. The molecule has 220 valence electrons. The monoisotopic (exact) mass is 592 g/mol. The van der Waals surface area contributed by atoms with Crippen LogP contribution in [0.1, 0.15) is 53.1 Å². The van der Waals surface area contributed by atoms with Crippen molar-refractivity contribution in [3.63, 3.8) is 0 Å². The number of aromatic carboxylic acids is 1. The van der Waals surface area contributed by atoms with Gasteiger partial charge < -0.3 is 28.6 Å². The summed E-state index contributed by atoms with van der Waals surface area (Å²) in [6, 6.07) is 12.8. The van der Waals surface area contributed by atoms with Crippen molar-refractivity contribution in [2.75, 3.05) is 33.4 Å². The largest absolute Gasteiger partial charge is 0.489 e. The molecule has 0 saturated carbocycles. The molecule has 1 saturated heterocycles. The van der Waals surface area contributed by atoms with Crippen LogP contribution in [-0.4, -0.2) is 63.9 Å². The van der Waals surface area contributed by atoms with Gasteiger partial charge in [0.25, 0.3) is 5.79 Å². The van der Waals surface area contributed by atoms with E-state index in [9.17, 15) is 9.90 Å². The Labute approximate surface area is 248 Å². The number of methoxy groups -OCH3 is 1. The van der Waals surface area contributed by atoms with Gasteiger partial charge in [-0.1, -0.05) is 23.7 Å². The first kappa shape index (κ1) is 28.3. The van der Waals surface area contributed by atoms with Crippen molar-refractivity contribution in [3.05, 3.63) is 76.3 Å². The molecular weight excluding hydrogens is 560 g/mol. The van der Waals surface area contributed by atoms with E-state index in [1.54, 1.807) is 31.5 Å². The number of imidazole rings is 1. The van der Waals surface area contributed by atoms with Gasteiger partial charge >= 0.3 is 5.97 Å². The molecule has 1 atom stereocenters. The number of pyridine rings is 1. The summed E-state index contributed by atoms with van der Waals surface area (Å²) >= 11 is 6.03. The Morgan fingerprint density at radius 3 is 2.69 bits per heavy atom. The average molecular weight is 593 g/mol. The smallest absolute Gasteiger partial charge is 0.335 e. The maximum absolute atomic E-state index is 11.7. The van der Waals surface area contributed by atoms with Gasteiger partial charge in [0.15, 0.2) is 11.5 Å². The number of halogens is 1. The second kappa shape index (κ2) is 11.4. The number of ether oxygens (including phenoxy) is 4. The highest BCUT2D eigenvalue weighted by molar-refractivity contribution is 6.30. The van der Waals surface area contributed by atoms with Gasteiger partial charge in [-0.25, -0.2) is 9.78 Å². The number of hydrogen-bond acceptors (Lipinski definition) is 8. The molecule has 2 aliphatic heterocycles. The van der Waals surface area contributed by atoms with Gasteiger partial charge in [0, 0.05) is 32.8 Å². The number of benzene rings is 2. The molecule has 0 spiro atoms. The molecule has 42 heavy (non-hydrogen) atoms. The number of carboxylic acid groups (broad SMARTS) is 1. The van der Waals surface area contributed by atoms with Crippen LogP contribution >= 0.6 is 11.6 Å². The minimum atomic E-state index is -1.02. The number of carboxylic acids is 1. The van der Waals surface area contributed by atoms with E-state index in [4.69, 9.17) is 35.5 Å². The first-order chi connectivity index (χ1) is 20.3. The zero-order chi connectivity index (χ0) is 29.4. The Hall–Kier alpha value is -3.86. The van der Waals surface area contributed by atoms with Crippen molar-refractivity contribution in [1.29, 1.82) is 0 Å². The predicted octanol–water partition coefficient (Wildman–Crippen LogP) is 5.37. The fourth-order valence-corrected chi connectivity index (χ4v) is 5.90. The van der Waals surface area contributed by atoms with Crippen LogP contribution in [0.3, 0.4) is 0 Å². The molecule has 2 aromatic carbocycles. The van der Waals surface area contributed by atoms with Crippen LogP contribution in [0.5, 0.6) is 17.2 Å². The van der Waals surface area contributed by atoms with E-state index in [0.717, 1.165) is 54.3 Å². The lowest BCUT2D eigenvalue weighted by Gasteiger charge is -2.32. The van der Waals surface area contributed by atoms with E-state index < -0.39 is 11.8 Å². The molecule has 0 radical (unpaired) electrons. The highest BCUT2D eigenvalue weighted by Crippen LogP contribution is 2.49. The number of aryl methyl sites for hydroxylation is 1. The number of para-hydroxylation sites is 1. The van der Waals surface area contributed by atoms with E-state index in [0.29, 0.717) is 47.7 Å². The zero-order valence-corrected chi connectivity index (χ0v) is 24.6. The Balaban J connectivity index is 1.16. The van der Waals surface area contributed by atoms with Gasteiger partial charge in [-0.2, -0.15) is 0 Å². The Morgan fingerprint density at radius 2 is 1.98 bits per heavy atom. The number of fused-ring (bicyclic) bond motifs is 2. The molecule has 10 nitrogen and oxygen atoms in total. The van der Waals surface area contributed by atoms with Crippen LogP contribution in [-0.2, 0) is 24.1 Å². The number of piperidine rings is 1. The summed E-state index contributed by atoms with van der Waals surface area (Å²) in [5.41, 5.74) is 3.33. The van der Waals surface area contributed by atoms with E-state index in [1.807, 2.05) is 36.7 Å². The first-order valence-electron chi connectivity index (χ1n) is 14.0. The van der Waals surface area contributed by atoms with Crippen molar-refractivity contribution in [2.45, 2.75) is 38.0 Å². The van der Waals surface area contributed by atoms with Crippen molar-refractivity contribution in [2.24, 2.45) is 7.05 Å². The molecule has 2 aromatic heterocycles. The fourth-order valence-electron chi connectivity index (χ4n) is 5.79. The third-order valence-electron chi connectivity index (χ3n) is 8.01. The number of aromatic nitrogens is 3. The maximum atomic E-state index is 11.7. The average Bonchev–Trinajstić information content (AvgIpc) is 3.50. The van der Waals surface area contributed by atoms with Gasteiger partial charge in [0.05, 0.1) is 29.3 Å². The maximum Gasteiger partial charge on any atom is 0.335 e. The highest BCUT2D eigenvalue weighted by Gasteiger charge is 2.42. The van der Waals surface area contributed by atoms with Crippen LogP contribution in [0.4, 0.5) is 0 Å². The second-order valence-corrected chi connectivity index (χ2v) is 11.2. The molecule has 0 amide bonds. The van der Waals surface area contributed by atoms with Crippen molar-refractivity contribution >= 4 is 28.6 Å². The quantitative estimate of drug-likeness (QED) is 0.257. The van der Waals surface area contributed by atoms with Crippen LogP contribution in [0, 0.1) is 0 Å². The molecule has 0 bridgehead atoms. The first-order valence-corrected chi connectivity index (χ1v) is 14.3. The summed E-state index contributed by atoms with van der Waals surface area (Å²) in [7, 11) is 3.54. The molecule has 2 aliphatic rings. The highest BCUT2D eigenvalue weighted by atomic mass is 35.5. The summed E-state index contributed by atoms with van der Waals surface area (Å²) in [6.07, 6.45) is 3.50. The third-order valence-corrected chi connectivity index (χ3v) is 8.24. The minimum absolute atomic E-state index is 0.143. The lowest BCUT2D eigenvalue weighted by Crippen LogP contribution is -2.34. The summed E-state index contributed by atoms with van der Waals surface area (Å²) < 4.78 is 25.7. The van der Waals surface area contributed by atoms with Crippen molar-refractivity contribution in [3.8, 4) is 17.2 Å². The van der Waals surface area contributed by atoms with Gasteiger partial charge in [-0.3, -0.25) is 9.88 Å². The van der Waals surface area contributed by atoms with Gasteiger partial charge in [0.1, 0.15) is 29.4 Å². The number of nitrogens with zero attached hydrogens (tertiary/aromatic N) is 4. The van der Waals surface area contributed by atoms with Crippen molar-refractivity contribution < 1.29 is 28.8 Å². The van der Waals surface area contributed by atoms with E-state index in [-0.39, 0.29) is 5.56 Å². The van der Waals surface area contributed by atoms with Crippen LogP contribution in [0.15, 0.2) is 48.7 Å². The number of carbonyl (C=O) groups is 1. The SMILES string of the molecule is COCCOc1cc(C(=O)O)cc2nc(CN3CCC(c4cccc5c4O[C@@](C)(c4ccc(Cl)cn4)O5)CC3)n(C)c12. The van der Waals surface area contributed by atoms with Crippen LogP contribution < -0.4 is 14.2 Å². The number of rotatable bonds is 9. The summed E-state index contributed by atoms with van der Waals surface area (Å²) in [6.45, 7) is 5.00. The lowest BCUT2D eigenvalue weighted by atomic mass is 9.88. The molecule has 4 aromatic rings. The molecule has 11 heteroatoms. The summed E-state index contributed by atoms with van der Waals surface area (Å²) in [4.78, 5) is 23.3. The lowest BCUT2D eigenvalue weighted by molar-refractivity contribution is -0.0722. The third kappa shape index (κ3) is 5.37. The Kier molecular flexibility index (Phi) is 7.69.